The van der Waals surface area contributed by atoms with Gasteiger partial charge in [-0.15, -0.1) is 0 Å². The first-order valence-corrected chi connectivity index (χ1v) is 6.54. The first-order valence-electron chi connectivity index (χ1n) is 6.54. The van der Waals surface area contributed by atoms with Crippen molar-refractivity contribution in [3.63, 3.8) is 0 Å². The maximum atomic E-state index is 13.8. The highest BCUT2D eigenvalue weighted by Crippen LogP contribution is 2.39. The smallest absolute Gasteiger partial charge is 0.146 e. The van der Waals surface area contributed by atoms with Crippen molar-refractivity contribution in [2.24, 2.45) is 5.84 Å². The van der Waals surface area contributed by atoms with Gasteiger partial charge in [0, 0.05) is 12.0 Å². The van der Waals surface area contributed by atoms with Crippen LogP contribution in [0.4, 0.5) is 21.7 Å². The maximum Gasteiger partial charge on any atom is 0.146 e. The minimum absolute atomic E-state index is 0.315. The van der Waals surface area contributed by atoms with Gasteiger partial charge < -0.3 is 10.7 Å². The molecule has 1 aromatic heterocycles. The van der Waals surface area contributed by atoms with E-state index < -0.39 is 0 Å². The monoisotopic (exact) mass is 273 g/mol. The highest BCUT2D eigenvalue weighted by molar-refractivity contribution is 5.60. The lowest BCUT2D eigenvalue weighted by molar-refractivity contribution is 0.631. The summed E-state index contributed by atoms with van der Waals surface area (Å²) >= 11 is 0. The molecule has 1 aliphatic rings. The molecule has 0 radical (unpaired) electrons. The van der Waals surface area contributed by atoms with Crippen LogP contribution in [-0.2, 0) is 0 Å². The number of hydrazine groups is 1. The van der Waals surface area contributed by atoms with E-state index in [1.807, 2.05) is 6.92 Å². The minimum Gasteiger partial charge on any atom is -0.338 e. The summed E-state index contributed by atoms with van der Waals surface area (Å²) < 4.78 is 13.8. The summed E-state index contributed by atoms with van der Waals surface area (Å²) in [6.45, 7) is 1.91. The van der Waals surface area contributed by atoms with Crippen LogP contribution in [0.5, 0.6) is 0 Å². The molecule has 5 nitrogen and oxygen atoms in total. The second kappa shape index (κ2) is 5.05. The summed E-state index contributed by atoms with van der Waals surface area (Å²) in [5, 5.41) is 2.99. The number of nitrogens with one attached hydrogen (secondary N) is 2. The van der Waals surface area contributed by atoms with Crippen molar-refractivity contribution < 1.29 is 4.39 Å². The third-order valence-electron chi connectivity index (χ3n) is 3.22. The molecule has 1 saturated carbocycles. The Bertz CT molecular complexity index is 639. The van der Waals surface area contributed by atoms with Gasteiger partial charge in [-0.3, -0.25) is 0 Å². The maximum absolute atomic E-state index is 13.8. The molecule has 1 heterocycles. The highest BCUT2D eigenvalue weighted by Gasteiger charge is 2.27. The zero-order valence-corrected chi connectivity index (χ0v) is 11.2. The Labute approximate surface area is 116 Å². The third-order valence-corrected chi connectivity index (χ3v) is 3.22. The quantitative estimate of drug-likeness (QED) is 0.590. The van der Waals surface area contributed by atoms with E-state index in [-0.39, 0.29) is 5.82 Å². The number of hydrogen-bond acceptors (Lipinski definition) is 5. The van der Waals surface area contributed by atoms with E-state index in [0.29, 0.717) is 23.2 Å². The van der Waals surface area contributed by atoms with Gasteiger partial charge in [-0.05, 0) is 37.5 Å². The lowest BCUT2D eigenvalue weighted by Crippen LogP contribution is -2.11. The van der Waals surface area contributed by atoms with Gasteiger partial charge in [-0.25, -0.2) is 20.2 Å². The van der Waals surface area contributed by atoms with Crippen LogP contribution in [0.15, 0.2) is 24.3 Å². The Kier molecular flexibility index (Phi) is 3.23. The molecule has 0 aliphatic heterocycles. The predicted octanol–water partition coefficient (Wildman–Crippen LogP) is 2.83. The number of rotatable bonds is 4. The van der Waals surface area contributed by atoms with Crippen molar-refractivity contribution in [1.29, 1.82) is 0 Å². The number of benzene rings is 1. The molecule has 1 aromatic carbocycles. The van der Waals surface area contributed by atoms with Crippen molar-refractivity contribution in [3.05, 3.63) is 41.5 Å². The van der Waals surface area contributed by atoms with Crippen LogP contribution in [0, 0.1) is 12.7 Å². The molecule has 3 rings (SSSR count). The number of nitrogen functional groups attached to an aromatic ring is 1. The summed E-state index contributed by atoms with van der Waals surface area (Å²) in [4.78, 5) is 8.74. The number of aromatic nitrogens is 2. The fraction of sp³-hybridized carbons (Fsp3) is 0.286. The summed E-state index contributed by atoms with van der Waals surface area (Å²) in [5.74, 6) is 7.31. The fourth-order valence-electron chi connectivity index (χ4n) is 2.00. The summed E-state index contributed by atoms with van der Waals surface area (Å²) in [6, 6.07) is 6.56. The Balaban J connectivity index is 1.93. The molecule has 0 spiro atoms. The fourth-order valence-corrected chi connectivity index (χ4v) is 2.00. The predicted molar refractivity (Wildman–Crippen MR) is 76.2 cm³/mol. The molecule has 6 heteroatoms. The van der Waals surface area contributed by atoms with Gasteiger partial charge in [0.2, 0.25) is 0 Å². The third kappa shape index (κ3) is 2.70. The molecule has 0 unspecified atom stereocenters. The number of anilines is 3. The van der Waals surface area contributed by atoms with E-state index in [0.717, 1.165) is 24.2 Å². The molecule has 20 heavy (non-hydrogen) atoms. The van der Waals surface area contributed by atoms with E-state index in [9.17, 15) is 4.39 Å². The first-order chi connectivity index (χ1) is 9.65. The van der Waals surface area contributed by atoms with Gasteiger partial charge >= 0.3 is 0 Å². The largest absolute Gasteiger partial charge is 0.338 e. The van der Waals surface area contributed by atoms with Crippen LogP contribution in [0.1, 0.15) is 30.1 Å². The summed E-state index contributed by atoms with van der Waals surface area (Å²) in [5.41, 5.74) is 3.89. The van der Waals surface area contributed by atoms with Gasteiger partial charge in [0.15, 0.2) is 0 Å². The average Bonchev–Trinajstić information content (AvgIpc) is 3.27. The van der Waals surface area contributed by atoms with E-state index in [1.54, 1.807) is 18.2 Å². The van der Waals surface area contributed by atoms with Crippen molar-refractivity contribution in [3.8, 4) is 0 Å². The Morgan fingerprint density at radius 1 is 1.20 bits per heavy atom. The normalized spacial score (nSPS) is 14.2. The van der Waals surface area contributed by atoms with E-state index >= 15 is 0 Å². The number of nitrogens with two attached hydrogens (primary N) is 1. The van der Waals surface area contributed by atoms with Gasteiger partial charge in [0.05, 0.1) is 5.69 Å². The lowest BCUT2D eigenvalue weighted by atomic mass is 10.2. The number of aryl methyl sites for hydroxylation is 1. The van der Waals surface area contributed by atoms with Gasteiger partial charge in [0.1, 0.15) is 23.3 Å². The second-order valence-electron chi connectivity index (χ2n) is 5.02. The number of halogens is 1. The Morgan fingerprint density at radius 3 is 2.65 bits per heavy atom. The zero-order chi connectivity index (χ0) is 14.1. The van der Waals surface area contributed by atoms with Crippen LogP contribution in [0.25, 0.3) is 0 Å². The minimum atomic E-state index is -0.315. The van der Waals surface area contributed by atoms with E-state index in [1.165, 1.54) is 6.07 Å². The number of nitrogens with zero attached hydrogens (tertiary/aromatic N) is 2. The molecule has 0 amide bonds. The molecule has 0 atom stereocenters. The van der Waals surface area contributed by atoms with Crippen LogP contribution in [0.3, 0.4) is 0 Å². The van der Waals surface area contributed by atoms with Crippen LogP contribution < -0.4 is 16.6 Å². The van der Waals surface area contributed by atoms with Gasteiger partial charge in [0.25, 0.3) is 0 Å². The van der Waals surface area contributed by atoms with Crippen molar-refractivity contribution in [2.45, 2.75) is 25.7 Å². The average molecular weight is 273 g/mol. The van der Waals surface area contributed by atoms with Gasteiger partial charge in [-0.1, -0.05) is 6.07 Å². The first kappa shape index (κ1) is 12.8. The Morgan fingerprint density at radius 2 is 1.95 bits per heavy atom. The SMILES string of the molecule is Cc1ccc(F)c(Nc2cc(NN)nc(C3CC3)n2)c1. The van der Waals surface area contributed by atoms with Crippen molar-refractivity contribution in [2.75, 3.05) is 10.7 Å². The standard InChI is InChI=1S/C14H16FN5/c1-8-2-5-10(15)11(6-8)17-12-7-13(20-16)19-14(18-12)9-3-4-9/h2,5-7,9H,3-4,16H2,1H3,(H2,17,18,19,20). The van der Waals surface area contributed by atoms with Gasteiger partial charge in [-0.2, -0.15) is 0 Å². The molecule has 1 fully saturated rings. The molecular formula is C14H16FN5. The van der Waals surface area contributed by atoms with Crippen molar-refractivity contribution in [1.82, 2.24) is 9.97 Å². The van der Waals surface area contributed by atoms with Crippen LogP contribution in [-0.4, -0.2) is 9.97 Å². The molecule has 0 bridgehead atoms. The molecule has 104 valence electrons. The molecule has 0 saturated heterocycles. The van der Waals surface area contributed by atoms with Crippen LogP contribution >= 0.6 is 0 Å². The Hall–Kier alpha value is -2.21. The summed E-state index contributed by atoms with van der Waals surface area (Å²) in [7, 11) is 0. The van der Waals surface area contributed by atoms with E-state index in [2.05, 4.69) is 20.7 Å². The van der Waals surface area contributed by atoms with Crippen LogP contribution in [0.2, 0.25) is 0 Å². The van der Waals surface area contributed by atoms with Crippen molar-refractivity contribution >= 4 is 17.3 Å². The lowest BCUT2D eigenvalue weighted by Gasteiger charge is -2.10. The molecule has 2 aromatic rings. The zero-order valence-electron chi connectivity index (χ0n) is 11.2. The number of hydrogen-bond donors (Lipinski definition) is 3. The topological polar surface area (TPSA) is 75.9 Å². The summed E-state index contributed by atoms with van der Waals surface area (Å²) in [6.07, 6.45) is 2.18. The second-order valence-corrected chi connectivity index (χ2v) is 5.02. The molecular weight excluding hydrogens is 257 g/mol. The molecule has 1 aliphatic carbocycles. The molecule has 4 N–H and O–H groups in total. The van der Waals surface area contributed by atoms with E-state index in [4.69, 9.17) is 5.84 Å². The highest BCUT2D eigenvalue weighted by atomic mass is 19.1.